The lowest BCUT2D eigenvalue weighted by molar-refractivity contribution is -0.130. The number of amides is 2. The molecule has 0 spiro atoms. The van der Waals surface area contributed by atoms with Crippen molar-refractivity contribution in [2.45, 2.75) is 18.9 Å². The van der Waals surface area contributed by atoms with Gasteiger partial charge in [-0.15, -0.1) is 5.10 Å². The molecule has 0 aliphatic carbocycles. The van der Waals surface area contributed by atoms with Crippen molar-refractivity contribution in [3.05, 3.63) is 59.9 Å². The SMILES string of the molecule is NC(=O)c1cnnn1C(CC(=O)NO)Cc1ccc2ccccc2c1. The molecule has 1 unspecified atom stereocenters. The van der Waals surface area contributed by atoms with E-state index >= 15 is 0 Å². The minimum absolute atomic E-state index is 0.0764. The van der Waals surface area contributed by atoms with Crippen LogP contribution in [0.15, 0.2) is 48.7 Å². The van der Waals surface area contributed by atoms with Crippen LogP contribution in [0.5, 0.6) is 0 Å². The van der Waals surface area contributed by atoms with Crippen LogP contribution >= 0.6 is 0 Å². The van der Waals surface area contributed by atoms with E-state index in [4.69, 9.17) is 10.9 Å². The molecule has 25 heavy (non-hydrogen) atoms. The minimum atomic E-state index is -0.682. The van der Waals surface area contributed by atoms with Crippen LogP contribution in [-0.2, 0) is 11.2 Å². The van der Waals surface area contributed by atoms with Gasteiger partial charge in [-0.25, -0.2) is 10.2 Å². The van der Waals surface area contributed by atoms with Crippen molar-refractivity contribution >= 4 is 22.6 Å². The van der Waals surface area contributed by atoms with Crippen LogP contribution in [0.2, 0.25) is 0 Å². The second-order valence-electron chi connectivity index (χ2n) is 5.71. The number of benzene rings is 2. The number of fused-ring (bicyclic) bond motifs is 1. The number of aromatic nitrogens is 3. The van der Waals surface area contributed by atoms with E-state index in [1.165, 1.54) is 10.9 Å². The number of hydroxylamine groups is 1. The number of nitrogens with zero attached hydrogens (tertiary/aromatic N) is 3. The van der Waals surface area contributed by atoms with Gasteiger partial charge in [-0.1, -0.05) is 47.7 Å². The Labute approximate surface area is 143 Å². The number of rotatable bonds is 6. The number of hydrogen-bond donors (Lipinski definition) is 3. The van der Waals surface area contributed by atoms with E-state index in [0.29, 0.717) is 6.42 Å². The second kappa shape index (κ2) is 7.10. The van der Waals surface area contributed by atoms with Gasteiger partial charge in [-0.05, 0) is 22.8 Å². The summed E-state index contributed by atoms with van der Waals surface area (Å²) in [6.45, 7) is 0. The Balaban J connectivity index is 1.94. The fourth-order valence-electron chi connectivity index (χ4n) is 2.83. The first-order chi connectivity index (χ1) is 12.1. The number of carbonyl (C=O) groups is 2. The normalized spacial score (nSPS) is 12.0. The average Bonchev–Trinajstić information content (AvgIpc) is 3.11. The molecule has 0 radical (unpaired) electrons. The van der Waals surface area contributed by atoms with E-state index in [-0.39, 0.29) is 12.1 Å². The number of nitrogens with one attached hydrogen (secondary N) is 1. The highest BCUT2D eigenvalue weighted by molar-refractivity contribution is 5.90. The zero-order valence-corrected chi connectivity index (χ0v) is 13.3. The minimum Gasteiger partial charge on any atom is -0.364 e. The Morgan fingerprint density at radius 3 is 2.68 bits per heavy atom. The first-order valence-electron chi connectivity index (χ1n) is 7.69. The molecule has 0 aliphatic heterocycles. The first kappa shape index (κ1) is 16.6. The molecule has 0 saturated heterocycles. The molecular weight excluding hydrogens is 322 g/mol. The second-order valence-corrected chi connectivity index (χ2v) is 5.71. The summed E-state index contributed by atoms with van der Waals surface area (Å²) in [5.74, 6) is -1.27. The van der Waals surface area contributed by atoms with Crippen molar-refractivity contribution in [2.24, 2.45) is 5.73 Å². The van der Waals surface area contributed by atoms with Crippen LogP contribution < -0.4 is 11.2 Å². The summed E-state index contributed by atoms with van der Waals surface area (Å²) in [6.07, 6.45) is 1.60. The number of hydrogen-bond acceptors (Lipinski definition) is 5. The molecule has 2 amide bonds. The lowest BCUT2D eigenvalue weighted by Crippen LogP contribution is -2.28. The molecule has 0 saturated carbocycles. The van der Waals surface area contributed by atoms with Crippen molar-refractivity contribution in [3.63, 3.8) is 0 Å². The van der Waals surface area contributed by atoms with Gasteiger partial charge in [0.2, 0.25) is 5.91 Å². The molecule has 0 fully saturated rings. The number of carbonyl (C=O) groups excluding carboxylic acids is 2. The predicted octanol–water partition coefficient (Wildman–Crippen LogP) is 1.21. The standard InChI is InChI=1S/C17H17N5O3/c18-17(24)15-10-19-21-22(15)14(9-16(23)20-25)8-11-5-6-12-3-1-2-4-13(12)7-11/h1-7,10,14,25H,8-9H2,(H2,18,24)(H,20,23). The summed E-state index contributed by atoms with van der Waals surface area (Å²) in [6, 6.07) is 13.4. The monoisotopic (exact) mass is 339 g/mol. The third-order valence-electron chi connectivity index (χ3n) is 4.00. The smallest absolute Gasteiger partial charge is 0.268 e. The van der Waals surface area contributed by atoms with Gasteiger partial charge >= 0.3 is 0 Å². The summed E-state index contributed by atoms with van der Waals surface area (Å²) < 4.78 is 1.33. The van der Waals surface area contributed by atoms with Crippen molar-refractivity contribution in [2.75, 3.05) is 0 Å². The third-order valence-corrected chi connectivity index (χ3v) is 4.00. The largest absolute Gasteiger partial charge is 0.364 e. The topological polar surface area (TPSA) is 123 Å². The van der Waals surface area contributed by atoms with Gasteiger partial charge in [0.15, 0.2) is 0 Å². The molecule has 8 nitrogen and oxygen atoms in total. The zero-order valence-electron chi connectivity index (χ0n) is 13.3. The molecule has 2 aromatic carbocycles. The quantitative estimate of drug-likeness (QED) is 0.460. The molecule has 8 heteroatoms. The Kier molecular flexibility index (Phi) is 4.71. The van der Waals surface area contributed by atoms with Crippen LogP contribution in [0.1, 0.15) is 28.5 Å². The molecule has 4 N–H and O–H groups in total. The van der Waals surface area contributed by atoms with Crippen molar-refractivity contribution < 1.29 is 14.8 Å². The van der Waals surface area contributed by atoms with Crippen molar-refractivity contribution in [1.82, 2.24) is 20.5 Å². The molecule has 3 aromatic rings. The summed E-state index contributed by atoms with van der Waals surface area (Å²) in [4.78, 5) is 23.2. The third kappa shape index (κ3) is 3.64. The molecule has 1 atom stereocenters. The Bertz CT molecular complexity index is 921. The van der Waals surface area contributed by atoms with Gasteiger partial charge in [-0.3, -0.25) is 14.8 Å². The van der Waals surface area contributed by atoms with Gasteiger partial charge in [0.1, 0.15) is 5.69 Å². The maximum absolute atomic E-state index is 11.7. The summed E-state index contributed by atoms with van der Waals surface area (Å²) in [5, 5.41) is 18.6. The van der Waals surface area contributed by atoms with Gasteiger partial charge in [-0.2, -0.15) is 0 Å². The molecule has 128 valence electrons. The summed E-state index contributed by atoms with van der Waals surface area (Å²) in [5.41, 5.74) is 8.01. The van der Waals surface area contributed by atoms with E-state index in [1.807, 2.05) is 42.5 Å². The highest BCUT2D eigenvalue weighted by Crippen LogP contribution is 2.22. The Morgan fingerprint density at radius 2 is 1.96 bits per heavy atom. The van der Waals surface area contributed by atoms with E-state index in [1.54, 1.807) is 5.48 Å². The predicted molar refractivity (Wildman–Crippen MR) is 89.8 cm³/mol. The molecule has 0 bridgehead atoms. The van der Waals surface area contributed by atoms with Crippen LogP contribution in [0.4, 0.5) is 0 Å². The molecule has 3 rings (SSSR count). The summed E-state index contributed by atoms with van der Waals surface area (Å²) in [7, 11) is 0. The molecule has 0 aliphatic rings. The Morgan fingerprint density at radius 1 is 1.20 bits per heavy atom. The maximum atomic E-state index is 11.7. The van der Waals surface area contributed by atoms with E-state index in [9.17, 15) is 9.59 Å². The Hall–Kier alpha value is -3.26. The molecule has 1 heterocycles. The van der Waals surface area contributed by atoms with Crippen molar-refractivity contribution in [1.29, 1.82) is 0 Å². The number of primary amides is 1. The number of nitrogens with two attached hydrogens (primary N) is 1. The van der Waals surface area contributed by atoms with Gasteiger partial charge in [0.05, 0.1) is 18.7 Å². The van der Waals surface area contributed by atoms with E-state index in [2.05, 4.69) is 10.3 Å². The average molecular weight is 339 g/mol. The molecular formula is C17H17N5O3. The fraction of sp³-hybridized carbons (Fsp3) is 0.176. The van der Waals surface area contributed by atoms with Crippen molar-refractivity contribution in [3.8, 4) is 0 Å². The summed E-state index contributed by atoms with van der Waals surface area (Å²) >= 11 is 0. The lowest BCUT2D eigenvalue weighted by atomic mass is 9.99. The highest BCUT2D eigenvalue weighted by atomic mass is 16.5. The van der Waals surface area contributed by atoms with E-state index < -0.39 is 17.9 Å². The van der Waals surface area contributed by atoms with Crippen LogP contribution in [0, 0.1) is 0 Å². The van der Waals surface area contributed by atoms with Gasteiger partial charge in [0.25, 0.3) is 5.91 Å². The maximum Gasteiger partial charge on any atom is 0.268 e. The molecule has 1 aromatic heterocycles. The highest BCUT2D eigenvalue weighted by Gasteiger charge is 2.22. The first-order valence-corrected chi connectivity index (χ1v) is 7.69. The van der Waals surface area contributed by atoms with Gasteiger partial charge < -0.3 is 5.73 Å². The van der Waals surface area contributed by atoms with Crippen LogP contribution in [0.3, 0.4) is 0 Å². The zero-order chi connectivity index (χ0) is 17.8. The van der Waals surface area contributed by atoms with Crippen LogP contribution in [0.25, 0.3) is 10.8 Å². The van der Waals surface area contributed by atoms with E-state index in [0.717, 1.165) is 16.3 Å². The lowest BCUT2D eigenvalue weighted by Gasteiger charge is -2.18. The fourth-order valence-corrected chi connectivity index (χ4v) is 2.83. The van der Waals surface area contributed by atoms with Gasteiger partial charge in [0, 0.05) is 0 Å². The van der Waals surface area contributed by atoms with Crippen LogP contribution in [-0.4, -0.2) is 32.0 Å².